The fourth-order valence-electron chi connectivity index (χ4n) is 4.53. The average molecular weight is 481 g/mol. The summed E-state index contributed by atoms with van der Waals surface area (Å²) in [6.07, 6.45) is 1.67. The molecule has 182 valence electrons. The lowest BCUT2D eigenvalue weighted by Gasteiger charge is -2.48. The Morgan fingerprint density at radius 1 is 1.06 bits per heavy atom. The van der Waals surface area contributed by atoms with Crippen LogP contribution in [0.5, 0.6) is 5.75 Å². The van der Waals surface area contributed by atoms with Gasteiger partial charge in [0.25, 0.3) is 0 Å². The molecule has 0 bridgehead atoms. The van der Waals surface area contributed by atoms with E-state index in [0.717, 1.165) is 29.7 Å². The van der Waals surface area contributed by atoms with Gasteiger partial charge in [-0.2, -0.15) is 0 Å². The van der Waals surface area contributed by atoms with Crippen molar-refractivity contribution in [3.63, 3.8) is 0 Å². The molecule has 0 amide bonds. The summed E-state index contributed by atoms with van der Waals surface area (Å²) in [5.41, 5.74) is 1.37. The Labute approximate surface area is 199 Å². The summed E-state index contributed by atoms with van der Waals surface area (Å²) in [5.74, 6) is 0.785. The highest BCUT2D eigenvalue weighted by atomic mass is 35.5. The highest BCUT2D eigenvalue weighted by Crippen LogP contribution is 2.44. The van der Waals surface area contributed by atoms with Gasteiger partial charge in [-0.15, -0.1) is 0 Å². The van der Waals surface area contributed by atoms with Crippen LogP contribution in [0.3, 0.4) is 0 Å². The van der Waals surface area contributed by atoms with E-state index in [0.29, 0.717) is 37.2 Å². The Kier molecular flexibility index (Phi) is 7.80. The number of ether oxygens (including phenoxy) is 3. The summed E-state index contributed by atoms with van der Waals surface area (Å²) < 4.78 is 17.2. The number of benzene rings is 1. The third-order valence-electron chi connectivity index (χ3n) is 6.66. The molecule has 1 saturated heterocycles. The van der Waals surface area contributed by atoms with Crippen molar-refractivity contribution < 1.29 is 34.6 Å². The smallest absolute Gasteiger partial charge is 0.119 e. The number of hydrogen-bond acceptors (Lipinski definition) is 7. The van der Waals surface area contributed by atoms with E-state index in [4.69, 9.17) is 25.8 Å². The summed E-state index contributed by atoms with van der Waals surface area (Å²) in [4.78, 5) is 0. The number of aliphatic hydroxyl groups excluding tert-OH is 4. The molecule has 0 aromatic heterocycles. The Balaban J connectivity index is 1.38. The third-order valence-corrected chi connectivity index (χ3v) is 7.05. The Morgan fingerprint density at radius 2 is 1.79 bits per heavy atom. The van der Waals surface area contributed by atoms with Crippen molar-refractivity contribution in [2.45, 2.75) is 69.2 Å². The van der Waals surface area contributed by atoms with Gasteiger partial charge in [0, 0.05) is 10.4 Å². The molecular weight excluding hydrogens is 448 g/mol. The van der Waals surface area contributed by atoms with Crippen LogP contribution in [0.2, 0.25) is 0 Å². The molecule has 4 rings (SSSR count). The molecule has 1 unspecified atom stereocenters. The minimum atomic E-state index is -1.40. The van der Waals surface area contributed by atoms with Gasteiger partial charge in [0.1, 0.15) is 36.8 Å². The predicted molar refractivity (Wildman–Crippen MR) is 123 cm³/mol. The molecule has 4 N–H and O–H groups in total. The van der Waals surface area contributed by atoms with Gasteiger partial charge in [0.2, 0.25) is 0 Å². The second-order valence-corrected chi connectivity index (χ2v) is 9.86. The molecule has 7 nitrogen and oxygen atoms in total. The standard InChI is InChI=1S/C25H33ClO7/c1-25(24-23(30)22(29)21(28)20(14-27)33-24)9-8-19(26)16(13-25)12-15-2-4-17(5-3-15)31-10-11-32-18-6-7-18/h2-5,8-9,18,20-24,27-30H,6-7,10-14H2,1H3/t20-,21-,22+,23-,24-,25?/m1/s1. The van der Waals surface area contributed by atoms with E-state index in [2.05, 4.69) is 0 Å². The zero-order chi connectivity index (χ0) is 23.6. The van der Waals surface area contributed by atoms with Crippen LogP contribution in [0, 0.1) is 5.41 Å². The predicted octanol–water partition coefficient (Wildman–Crippen LogP) is 2.09. The molecule has 33 heavy (non-hydrogen) atoms. The van der Waals surface area contributed by atoms with Gasteiger partial charge in [-0.3, -0.25) is 0 Å². The first-order valence-electron chi connectivity index (χ1n) is 11.5. The van der Waals surface area contributed by atoms with E-state index >= 15 is 0 Å². The van der Waals surface area contributed by atoms with E-state index < -0.39 is 42.5 Å². The molecule has 0 spiro atoms. The van der Waals surface area contributed by atoms with Crippen LogP contribution in [-0.2, 0) is 15.9 Å². The molecule has 2 fully saturated rings. The zero-order valence-corrected chi connectivity index (χ0v) is 19.5. The van der Waals surface area contributed by atoms with Gasteiger partial charge in [0.15, 0.2) is 0 Å². The molecule has 1 aromatic carbocycles. The minimum Gasteiger partial charge on any atom is -0.491 e. The molecule has 0 radical (unpaired) electrons. The largest absolute Gasteiger partial charge is 0.491 e. The summed E-state index contributed by atoms with van der Waals surface area (Å²) >= 11 is 6.51. The van der Waals surface area contributed by atoms with Crippen molar-refractivity contribution in [2.75, 3.05) is 19.8 Å². The number of allylic oxidation sites excluding steroid dienone is 3. The van der Waals surface area contributed by atoms with Crippen molar-refractivity contribution in [3.05, 3.63) is 52.6 Å². The Hall–Kier alpha value is -1.45. The molecule has 1 aromatic rings. The molecule has 2 aliphatic carbocycles. The average Bonchev–Trinajstić information content (AvgIpc) is 3.63. The topological polar surface area (TPSA) is 109 Å². The summed E-state index contributed by atoms with van der Waals surface area (Å²) in [6, 6.07) is 7.85. The third kappa shape index (κ3) is 5.80. The quantitative estimate of drug-likeness (QED) is 0.401. The fraction of sp³-hybridized carbons (Fsp3) is 0.600. The first-order valence-corrected chi connectivity index (χ1v) is 11.9. The van der Waals surface area contributed by atoms with Gasteiger partial charge in [0.05, 0.1) is 25.4 Å². The second kappa shape index (κ2) is 10.4. The summed E-state index contributed by atoms with van der Waals surface area (Å²) in [7, 11) is 0. The SMILES string of the molecule is CC1([C@@H]2O[C@H](CO)[C@@H](O)[C@H](O)[C@H]2O)C=CC(Cl)=C(Cc2ccc(OCCOC3CC3)cc2)C1. The molecule has 8 heteroatoms. The van der Waals surface area contributed by atoms with Crippen LogP contribution in [0.1, 0.15) is 31.7 Å². The number of rotatable bonds is 9. The highest BCUT2D eigenvalue weighted by Gasteiger charge is 2.50. The van der Waals surface area contributed by atoms with E-state index in [-0.39, 0.29) is 0 Å². The van der Waals surface area contributed by atoms with Crippen molar-refractivity contribution in [1.82, 2.24) is 0 Å². The van der Waals surface area contributed by atoms with E-state index in [1.807, 2.05) is 37.3 Å². The lowest BCUT2D eigenvalue weighted by molar-refractivity contribution is -0.249. The fourth-order valence-corrected chi connectivity index (χ4v) is 4.73. The normalized spacial score (nSPS) is 34.5. The van der Waals surface area contributed by atoms with Crippen molar-refractivity contribution in [3.8, 4) is 5.75 Å². The Morgan fingerprint density at radius 3 is 2.45 bits per heavy atom. The van der Waals surface area contributed by atoms with Crippen LogP contribution in [0.15, 0.2) is 47.0 Å². The van der Waals surface area contributed by atoms with Crippen LogP contribution >= 0.6 is 11.6 Å². The first-order chi connectivity index (χ1) is 15.8. The maximum atomic E-state index is 10.6. The van der Waals surface area contributed by atoms with Gasteiger partial charge < -0.3 is 34.6 Å². The summed E-state index contributed by atoms with van der Waals surface area (Å²) in [5, 5.41) is 41.1. The Bertz CT molecular complexity index is 864. The van der Waals surface area contributed by atoms with E-state index in [1.165, 1.54) is 0 Å². The lowest BCUT2D eigenvalue weighted by Crippen LogP contribution is -2.62. The number of hydrogen-bond donors (Lipinski definition) is 4. The highest BCUT2D eigenvalue weighted by molar-refractivity contribution is 6.31. The molecular formula is C25H33ClO7. The summed E-state index contributed by atoms with van der Waals surface area (Å²) in [6.45, 7) is 2.58. The lowest BCUT2D eigenvalue weighted by atomic mass is 9.70. The maximum absolute atomic E-state index is 10.6. The minimum absolute atomic E-state index is 0.423. The number of halogens is 1. The van der Waals surface area contributed by atoms with Crippen molar-refractivity contribution >= 4 is 11.6 Å². The van der Waals surface area contributed by atoms with Crippen LogP contribution in [0.25, 0.3) is 0 Å². The zero-order valence-electron chi connectivity index (χ0n) is 18.8. The van der Waals surface area contributed by atoms with E-state index in [1.54, 1.807) is 6.08 Å². The maximum Gasteiger partial charge on any atom is 0.119 e. The molecule has 6 atom stereocenters. The van der Waals surface area contributed by atoms with Gasteiger partial charge >= 0.3 is 0 Å². The van der Waals surface area contributed by atoms with Crippen LogP contribution < -0.4 is 4.74 Å². The molecule has 1 saturated carbocycles. The second-order valence-electron chi connectivity index (χ2n) is 9.46. The van der Waals surface area contributed by atoms with Gasteiger partial charge in [-0.1, -0.05) is 36.7 Å². The van der Waals surface area contributed by atoms with Crippen LogP contribution in [0.4, 0.5) is 0 Å². The van der Waals surface area contributed by atoms with Crippen molar-refractivity contribution in [1.29, 1.82) is 0 Å². The monoisotopic (exact) mass is 480 g/mol. The number of aliphatic hydroxyl groups is 4. The van der Waals surface area contributed by atoms with Crippen LogP contribution in [-0.4, -0.2) is 76.9 Å². The van der Waals surface area contributed by atoms with Crippen molar-refractivity contribution in [2.24, 2.45) is 5.41 Å². The van der Waals surface area contributed by atoms with Gasteiger partial charge in [-0.05, 0) is 55.0 Å². The molecule has 1 aliphatic heterocycles. The van der Waals surface area contributed by atoms with Gasteiger partial charge in [-0.25, -0.2) is 0 Å². The molecule has 3 aliphatic rings. The molecule has 1 heterocycles. The van der Waals surface area contributed by atoms with E-state index in [9.17, 15) is 20.4 Å². The first kappa shape index (κ1) is 24.7.